The highest BCUT2D eigenvalue weighted by Crippen LogP contribution is 2.21. The molecular weight excluding hydrogens is 448 g/mol. The summed E-state index contributed by atoms with van der Waals surface area (Å²) >= 11 is 1.16. The highest BCUT2D eigenvalue weighted by Gasteiger charge is 2.16. The number of thiazole rings is 1. The first-order valence-electron chi connectivity index (χ1n) is 8.46. The van der Waals surface area contributed by atoms with E-state index in [2.05, 4.69) is 19.7 Å². The van der Waals surface area contributed by atoms with Gasteiger partial charge in [0.15, 0.2) is 5.13 Å². The second-order valence-corrected chi connectivity index (χ2v) is 10.7. The van der Waals surface area contributed by atoms with Gasteiger partial charge in [0.1, 0.15) is 0 Å². The van der Waals surface area contributed by atoms with Crippen molar-refractivity contribution in [3.63, 3.8) is 0 Å². The summed E-state index contributed by atoms with van der Waals surface area (Å²) in [6, 6.07) is 10.2. The van der Waals surface area contributed by atoms with E-state index >= 15 is 0 Å². The van der Waals surface area contributed by atoms with Crippen LogP contribution >= 0.6 is 11.3 Å². The topological polar surface area (TPSA) is 134 Å². The molecule has 30 heavy (non-hydrogen) atoms. The molecule has 0 atom stereocenters. The molecule has 1 amide bonds. The fourth-order valence-electron chi connectivity index (χ4n) is 2.49. The molecule has 0 fully saturated rings. The molecule has 0 bridgehead atoms. The van der Waals surface area contributed by atoms with Gasteiger partial charge in [-0.05, 0) is 55.0 Å². The Morgan fingerprint density at radius 1 is 1.00 bits per heavy atom. The lowest BCUT2D eigenvalue weighted by Crippen LogP contribution is -2.15. The average molecular weight is 467 g/mol. The molecule has 9 nitrogen and oxygen atoms in total. The molecule has 0 saturated heterocycles. The van der Waals surface area contributed by atoms with Crippen LogP contribution in [0.5, 0.6) is 0 Å². The summed E-state index contributed by atoms with van der Waals surface area (Å²) in [6.07, 6.45) is 2.54. The first-order chi connectivity index (χ1) is 14.0. The van der Waals surface area contributed by atoms with Gasteiger partial charge in [-0.1, -0.05) is 0 Å². The Kier molecular flexibility index (Phi) is 6.10. The average Bonchev–Trinajstić information content (AvgIpc) is 3.15. The lowest BCUT2D eigenvalue weighted by Gasteiger charge is -2.11. The first kappa shape index (κ1) is 21.7. The second kappa shape index (κ2) is 8.42. The van der Waals surface area contributed by atoms with Gasteiger partial charge >= 0.3 is 0 Å². The SMILES string of the molecule is Cc1cc(C(=O)Nc2ccc(S(=O)(=O)Nc3nccs3)cc2)ccc1NS(C)(=O)=O. The van der Waals surface area contributed by atoms with Crippen LogP contribution in [0.2, 0.25) is 0 Å². The zero-order chi connectivity index (χ0) is 21.9. The number of anilines is 3. The van der Waals surface area contributed by atoms with Crippen molar-refractivity contribution in [2.75, 3.05) is 21.0 Å². The van der Waals surface area contributed by atoms with Gasteiger partial charge in [0.2, 0.25) is 10.0 Å². The van der Waals surface area contributed by atoms with Crippen molar-refractivity contribution in [2.45, 2.75) is 11.8 Å². The van der Waals surface area contributed by atoms with Crippen molar-refractivity contribution in [1.82, 2.24) is 4.98 Å². The van der Waals surface area contributed by atoms with Crippen LogP contribution in [-0.2, 0) is 20.0 Å². The van der Waals surface area contributed by atoms with Crippen molar-refractivity contribution in [1.29, 1.82) is 0 Å². The Bertz CT molecular complexity index is 1270. The maximum atomic E-state index is 12.5. The molecular formula is C18H18N4O5S3. The largest absolute Gasteiger partial charge is 0.322 e. The highest BCUT2D eigenvalue weighted by molar-refractivity contribution is 7.93. The number of aryl methyl sites for hydroxylation is 1. The van der Waals surface area contributed by atoms with Crippen molar-refractivity contribution < 1.29 is 21.6 Å². The minimum Gasteiger partial charge on any atom is -0.322 e. The molecule has 0 saturated carbocycles. The van der Waals surface area contributed by atoms with Gasteiger partial charge in [0.25, 0.3) is 15.9 Å². The molecule has 3 aromatic rings. The molecule has 1 heterocycles. The second-order valence-electron chi connectivity index (χ2n) is 6.33. The van der Waals surface area contributed by atoms with E-state index in [1.54, 1.807) is 18.4 Å². The van der Waals surface area contributed by atoms with Crippen LogP contribution in [0, 0.1) is 6.92 Å². The number of nitrogens with one attached hydrogen (secondary N) is 3. The number of aromatic nitrogens is 1. The Morgan fingerprint density at radius 3 is 2.27 bits per heavy atom. The van der Waals surface area contributed by atoms with Crippen molar-refractivity contribution in [3.05, 3.63) is 65.2 Å². The number of carbonyl (C=O) groups excluding carboxylic acids is 1. The Hall–Kier alpha value is -2.96. The minimum atomic E-state index is -3.78. The van der Waals surface area contributed by atoms with E-state index in [-0.39, 0.29) is 10.0 Å². The zero-order valence-electron chi connectivity index (χ0n) is 15.9. The number of rotatable bonds is 7. The zero-order valence-corrected chi connectivity index (χ0v) is 18.4. The quantitative estimate of drug-likeness (QED) is 0.490. The normalized spacial score (nSPS) is 11.7. The van der Waals surface area contributed by atoms with Crippen molar-refractivity contribution in [3.8, 4) is 0 Å². The fraction of sp³-hybridized carbons (Fsp3) is 0.111. The summed E-state index contributed by atoms with van der Waals surface area (Å²) in [7, 11) is -7.20. The predicted molar refractivity (Wildman–Crippen MR) is 117 cm³/mol. The van der Waals surface area contributed by atoms with Crippen LogP contribution in [0.3, 0.4) is 0 Å². The van der Waals surface area contributed by atoms with E-state index in [4.69, 9.17) is 0 Å². The standard InChI is InChI=1S/C18H18N4O5S3/c1-12-11-13(3-8-16(12)21-29(2,24)25)17(23)20-14-4-6-15(7-5-14)30(26,27)22-18-19-9-10-28-18/h3-11,21H,1-2H3,(H,19,22)(H,20,23). The van der Waals surface area contributed by atoms with Crippen LogP contribution in [0.15, 0.2) is 58.9 Å². The third kappa shape index (κ3) is 5.55. The van der Waals surface area contributed by atoms with Gasteiger partial charge in [0.05, 0.1) is 16.8 Å². The van der Waals surface area contributed by atoms with E-state index in [1.807, 2.05) is 0 Å². The summed E-state index contributed by atoms with van der Waals surface area (Å²) in [5.74, 6) is -0.416. The number of hydrogen-bond donors (Lipinski definition) is 3. The number of amides is 1. The van der Waals surface area contributed by atoms with Crippen molar-refractivity contribution in [2.24, 2.45) is 0 Å². The van der Waals surface area contributed by atoms with E-state index in [0.29, 0.717) is 22.5 Å². The van der Waals surface area contributed by atoms with Crippen molar-refractivity contribution >= 4 is 53.8 Å². The Balaban J connectivity index is 1.71. The van der Waals surface area contributed by atoms with Gasteiger partial charge in [-0.15, -0.1) is 11.3 Å². The molecule has 3 N–H and O–H groups in total. The van der Waals surface area contributed by atoms with E-state index < -0.39 is 26.0 Å². The Labute approximate surface area is 178 Å². The van der Waals surface area contributed by atoms with Crippen LogP contribution in [0.25, 0.3) is 0 Å². The predicted octanol–water partition coefficient (Wildman–Crippen LogP) is 2.88. The number of sulfonamides is 2. The number of benzene rings is 2. The lowest BCUT2D eigenvalue weighted by atomic mass is 10.1. The third-order valence-corrected chi connectivity index (χ3v) is 6.62. The van der Waals surface area contributed by atoms with Crippen LogP contribution < -0.4 is 14.8 Å². The summed E-state index contributed by atoms with van der Waals surface area (Å²) in [5, 5.41) is 4.59. The number of hydrogen-bond acceptors (Lipinski definition) is 7. The molecule has 12 heteroatoms. The first-order valence-corrected chi connectivity index (χ1v) is 12.7. The molecule has 0 radical (unpaired) electrons. The molecule has 1 aromatic heterocycles. The van der Waals surface area contributed by atoms with Crippen LogP contribution in [0.4, 0.5) is 16.5 Å². The molecule has 0 unspecified atom stereocenters. The van der Waals surface area contributed by atoms with Gasteiger partial charge < -0.3 is 5.32 Å². The number of carbonyl (C=O) groups is 1. The van der Waals surface area contributed by atoms with E-state index in [1.165, 1.54) is 42.6 Å². The fourth-order valence-corrected chi connectivity index (χ4v) is 4.90. The maximum absolute atomic E-state index is 12.5. The highest BCUT2D eigenvalue weighted by atomic mass is 32.2. The minimum absolute atomic E-state index is 0.0303. The molecule has 158 valence electrons. The van der Waals surface area contributed by atoms with Gasteiger partial charge in [-0.2, -0.15) is 0 Å². The van der Waals surface area contributed by atoms with Gasteiger partial charge in [0, 0.05) is 22.8 Å². The molecule has 0 aliphatic heterocycles. The smallest absolute Gasteiger partial charge is 0.263 e. The summed E-state index contributed by atoms with van der Waals surface area (Å²) in [6.45, 7) is 1.68. The molecule has 0 spiro atoms. The van der Waals surface area contributed by atoms with E-state index in [9.17, 15) is 21.6 Å². The monoisotopic (exact) mass is 466 g/mol. The molecule has 0 aliphatic rings. The molecule has 2 aromatic carbocycles. The van der Waals surface area contributed by atoms with Crippen LogP contribution in [-0.4, -0.2) is 34.0 Å². The molecule has 0 aliphatic carbocycles. The van der Waals surface area contributed by atoms with Crippen LogP contribution in [0.1, 0.15) is 15.9 Å². The summed E-state index contributed by atoms with van der Waals surface area (Å²) in [4.78, 5) is 16.4. The van der Waals surface area contributed by atoms with E-state index in [0.717, 1.165) is 17.6 Å². The summed E-state index contributed by atoms with van der Waals surface area (Å²) in [5.41, 5.74) is 1.71. The van der Waals surface area contributed by atoms with Gasteiger partial charge in [-0.3, -0.25) is 14.2 Å². The van der Waals surface area contributed by atoms with Gasteiger partial charge in [-0.25, -0.2) is 21.8 Å². The number of nitrogens with zero attached hydrogens (tertiary/aromatic N) is 1. The Morgan fingerprint density at radius 2 is 1.70 bits per heavy atom. The third-order valence-electron chi connectivity index (χ3n) is 3.86. The lowest BCUT2D eigenvalue weighted by molar-refractivity contribution is 0.102. The summed E-state index contributed by atoms with van der Waals surface area (Å²) < 4.78 is 52.1. The molecule has 3 rings (SSSR count). The maximum Gasteiger partial charge on any atom is 0.263 e.